The van der Waals surface area contributed by atoms with Gasteiger partial charge in [-0.25, -0.2) is 5.43 Å². The predicted molar refractivity (Wildman–Crippen MR) is 163 cm³/mol. The highest BCUT2D eigenvalue weighted by molar-refractivity contribution is 6.32. The maximum absolute atomic E-state index is 12.7. The van der Waals surface area contributed by atoms with Crippen LogP contribution in [0.25, 0.3) is 0 Å². The van der Waals surface area contributed by atoms with Crippen molar-refractivity contribution in [1.82, 2.24) is 16.1 Å². The quantitative estimate of drug-likeness (QED) is 0.183. The maximum Gasteiger partial charge on any atom is 0.315 e. The molecule has 4 rings (SSSR count). The minimum atomic E-state index is -0.684. The molecule has 2 heterocycles. The molecule has 0 saturated carbocycles. The first-order valence-electron chi connectivity index (χ1n) is 13.7. The van der Waals surface area contributed by atoms with Gasteiger partial charge in [-0.3, -0.25) is 24.7 Å². The van der Waals surface area contributed by atoms with Crippen LogP contribution in [0.3, 0.4) is 0 Å². The van der Waals surface area contributed by atoms with Gasteiger partial charge in [0.25, 0.3) is 5.91 Å². The third kappa shape index (κ3) is 8.13. The molecule has 0 radical (unpaired) electrons. The van der Waals surface area contributed by atoms with E-state index >= 15 is 0 Å². The SMILES string of the molecule is COC(=O)C1C(C)=NC(C)=C(OCNCCNC(=O)COc2ccc(C3=NNC(=O)CC3)cc2Cl)C1c1ccccc1Cl. The van der Waals surface area contributed by atoms with Crippen LogP contribution < -0.4 is 20.8 Å². The fourth-order valence-corrected chi connectivity index (χ4v) is 5.34. The number of benzene rings is 2. The number of methoxy groups -OCH3 is 1. The summed E-state index contributed by atoms with van der Waals surface area (Å²) in [7, 11) is 1.34. The number of rotatable bonds is 12. The standard InChI is InChI=1S/C30H33Cl2N5O6/c1-17-27(30(40)41-3)28(20-6-4-5-7-21(20)31)29(18(2)35-17)43-16-33-12-13-34-26(39)15-42-24-10-8-19(14-22(24)32)23-9-11-25(38)37-36-23/h4-8,10,14,27-28,33H,9,11-13,15-16H2,1-3H3,(H,34,39)(H,37,38). The van der Waals surface area contributed by atoms with Crippen molar-refractivity contribution in [2.45, 2.75) is 32.6 Å². The predicted octanol–water partition coefficient (Wildman–Crippen LogP) is 3.95. The molecule has 0 spiro atoms. The van der Waals surface area contributed by atoms with Crippen molar-refractivity contribution >= 4 is 52.4 Å². The molecule has 2 aliphatic rings. The summed E-state index contributed by atoms with van der Waals surface area (Å²) in [5.41, 5.74) is 5.95. The average Bonchev–Trinajstić information content (AvgIpc) is 2.99. The zero-order valence-corrected chi connectivity index (χ0v) is 25.6. The Morgan fingerprint density at radius 2 is 1.84 bits per heavy atom. The van der Waals surface area contributed by atoms with Crippen molar-refractivity contribution in [1.29, 1.82) is 0 Å². The third-order valence-electron chi connectivity index (χ3n) is 6.94. The van der Waals surface area contributed by atoms with E-state index in [0.29, 0.717) is 58.9 Å². The molecule has 3 N–H and O–H groups in total. The number of hydrogen-bond donors (Lipinski definition) is 3. The molecule has 2 aromatic rings. The number of nitrogens with zero attached hydrogens (tertiary/aromatic N) is 2. The summed E-state index contributed by atoms with van der Waals surface area (Å²) in [4.78, 5) is 40.9. The first-order chi connectivity index (χ1) is 20.7. The molecular weight excluding hydrogens is 597 g/mol. The number of carbonyl (C=O) groups is 3. The van der Waals surface area contributed by atoms with E-state index in [1.807, 2.05) is 25.1 Å². The van der Waals surface area contributed by atoms with Gasteiger partial charge in [0.05, 0.1) is 29.5 Å². The van der Waals surface area contributed by atoms with Crippen molar-refractivity contribution in [3.63, 3.8) is 0 Å². The molecule has 13 heteroatoms. The van der Waals surface area contributed by atoms with Crippen LogP contribution in [0.5, 0.6) is 5.75 Å². The molecule has 0 bridgehead atoms. The highest BCUT2D eigenvalue weighted by Gasteiger charge is 2.41. The monoisotopic (exact) mass is 629 g/mol. The van der Waals surface area contributed by atoms with E-state index < -0.39 is 17.8 Å². The number of ether oxygens (including phenoxy) is 3. The van der Waals surface area contributed by atoms with Crippen LogP contribution in [-0.4, -0.2) is 62.7 Å². The lowest BCUT2D eigenvalue weighted by molar-refractivity contribution is -0.143. The number of aliphatic imine (C=N–C) groups is 1. The lowest BCUT2D eigenvalue weighted by Gasteiger charge is -2.32. The number of hydrazone groups is 1. The number of halogens is 2. The highest BCUT2D eigenvalue weighted by Crippen LogP contribution is 2.42. The summed E-state index contributed by atoms with van der Waals surface area (Å²) >= 11 is 12.8. The average molecular weight is 631 g/mol. The van der Waals surface area contributed by atoms with Gasteiger partial charge in [0.15, 0.2) is 6.61 Å². The van der Waals surface area contributed by atoms with Crippen molar-refractivity contribution in [3.05, 3.63) is 75.1 Å². The van der Waals surface area contributed by atoms with E-state index in [1.54, 1.807) is 31.2 Å². The smallest absolute Gasteiger partial charge is 0.315 e. The summed E-state index contributed by atoms with van der Waals surface area (Å²) in [5.74, 6) is -1.19. The van der Waals surface area contributed by atoms with E-state index in [0.717, 1.165) is 16.8 Å². The fraction of sp³-hybridized carbons (Fsp3) is 0.367. The summed E-state index contributed by atoms with van der Waals surface area (Å²) in [5, 5.41) is 10.8. The van der Waals surface area contributed by atoms with Crippen molar-refractivity contribution in [3.8, 4) is 5.75 Å². The molecule has 2 amide bonds. The maximum atomic E-state index is 12.7. The normalized spacial score (nSPS) is 18.3. The summed E-state index contributed by atoms with van der Waals surface area (Å²) in [6.45, 7) is 4.22. The minimum absolute atomic E-state index is 0.111. The molecule has 11 nitrogen and oxygen atoms in total. The van der Waals surface area contributed by atoms with E-state index in [4.69, 9.17) is 37.4 Å². The number of carbonyl (C=O) groups excluding carboxylic acids is 3. The topological polar surface area (TPSA) is 140 Å². The molecule has 2 atom stereocenters. The molecule has 2 aliphatic heterocycles. The molecule has 2 aromatic carbocycles. The Morgan fingerprint density at radius 3 is 2.53 bits per heavy atom. The van der Waals surface area contributed by atoms with Gasteiger partial charge in [0, 0.05) is 36.7 Å². The van der Waals surface area contributed by atoms with Crippen LogP contribution in [0.15, 0.2) is 64.0 Å². The van der Waals surface area contributed by atoms with Crippen molar-refractivity contribution in [2.75, 3.05) is 33.5 Å². The van der Waals surface area contributed by atoms with Gasteiger partial charge in [-0.1, -0.05) is 41.4 Å². The lowest BCUT2D eigenvalue weighted by Crippen LogP contribution is -2.37. The summed E-state index contributed by atoms with van der Waals surface area (Å²) in [6.07, 6.45) is 0.880. The second kappa shape index (κ2) is 15.0. The van der Waals surface area contributed by atoms with E-state index in [1.165, 1.54) is 7.11 Å². The zero-order valence-electron chi connectivity index (χ0n) is 24.0. The second-order valence-corrected chi connectivity index (χ2v) is 10.7. The van der Waals surface area contributed by atoms with Crippen LogP contribution in [0.2, 0.25) is 10.0 Å². The van der Waals surface area contributed by atoms with Crippen LogP contribution in [0.1, 0.15) is 43.7 Å². The van der Waals surface area contributed by atoms with Gasteiger partial charge in [-0.05, 0) is 49.2 Å². The Balaban J connectivity index is 1.25. The molecule has 0 aromatic heterocycles. The van der Waals surface area contributed by atoms with Gasteiger partial charge < -0.3 is 19.5 Å². The number of nitrogens with one attached hydrogen (secondary N) is 3. The number of hydrogen-bond acceptors (Lipinski definition) is 9. The highest BCUT2D eigenvalue weighted by atomic mass is 35.5. The molecule has 228 valence electrons. The lowest BCUT2D eigenvalue weighted by atomic mass is 9.79. The minimum Gasteiger partial charge on any atom is -0.482 e. The van der Waals surface area contributed by atoms with Gasteiger partial charge in [0.1, 0.15) is 24.2 Å². The number of esters is 1. The second-order valence-electron chi connectivity index (χ2n) is 9.87. The first-order valence-corrected chi connectivity index (χ1v) is 14.4. The number of amides is 2. The molecule has 0 aliphatic carbocycles. The van der Waals surface area contributed by atoms with Crippen LogP contribution >= 0.6 is 23.2 Å². The van der Waals surface area contributed by atoms with Crippen LogP contribution in [0, 0.1) is 5.92 Å². The number of allylic oxidation sites excluding steroid dienone is 2. The molecule has 2 unspecified atom stereocenters. The Morgan fingerprint density at radius 1 is 1.05 bits per heavy atom. The Kier molecular flexibility index (Phi) is 11.2. The summed E-state index contributed by atoms with van der Waals surface area (Å²) < 4.78 is 16.7. The van der Waals surface area contributed by atoms with Crippen molar-refractivity contribution < 1.29 is 28.6 Å². The van der Waals surface area contributed by atoms with Gasteiger partial charge in [-0.15, -0.1) is 0 Å². The van der Waals surface area contributed by atoms with E-state index in [9.17, 15) is 14.4 Å². The third-order valence-corrected chi connectivity index (χ3v) is 7.58. The van der Waals surface area contributed by atoms with Gasteiger partial charge >= 0.3 is 5.97 Å². The molecule has 0 saturated heterocycles. The first kappa shape index (κ1) is 32.0. The van der Waals surface area contributed by atoms with Crippen molar-refractivity contribution in [2.24, 2.45) is 16.0 Å². The molecule has 0 fully saturated rings. The largest absolute Gasteiger partial charge is 0.482 e. The molecular formula is C30H33Cl2N5O6. The Hall–Kier alpha value is -3.93. The van der Waals surface area contributed by atoms with Crippen LogP contribution in [-0.2, 0) is 23.9 Å². The van der Waals surface area contributed by atoms with E-state index in [2.05, 4.69) is 26.2 Å². The zero-order chi connectivity index (χ0) is 30.9. The van der Waals surface area contributed by atoms with Gasteiger partial charge in [0.2, 0.25) is 5.91 Å². The Labute approximate surface area is 259 Å². The van der Waals surface area contributed by atoms with Gasteiger partial charge in [-0.2, -0.15) is 5.10 Å². The summed E-state index contributed by atoms with van der Waals surface area (Å²) in [6, 6.07) is 12.4. The van der Waals surface area contributed by atoms with E-state index in [-0.39, 0.29) is 25.2 Å². The Bertz CT molecular complexity index is 1470. The fourth-order valence-electron chi connectivity index (χ4n) is 4.85. The van der Waals surface area contributed by atoms with Crippen LogP contribution in [0.4, 0.5) is 0 Å². The molecule has 43 heavy (non-hydrogen) atoms.